The summed E-state index contributed by atoms with van der Waals surface area (Å²) < 4.78 is 2.65. The summed E-state index contributed by atoms with van der Waals surface area (Å²) in [5.41, 5.74) is 12.4. The minimum absolute atomic E-state index is 1.21. The molecule has 0 N–H and O–H groups in total. The van der Waals surface area contributed by atoms with Crippen molar-refractivity contribution in [3.63, 3.8) is 0 Å². The highest BCUT2D eigenvalue weighted by atomic mass is 32.1. The van der Waals surface area contributed by atoms with E-state index in [1.807, 2.05) is 11.3 Å². The predicted octanol–water partition coefficient (Wildman–Crippen LogP) is 15.8. The number of benzene rings is 10. The van der Waals surface area contributed by atoms with Gasteiger partial charge in [0.2, 0.25) is 0 Å². The zero-order chi connectivity index (χ0) is 36.3. The summed E-state index contributed by atoms with van der Waals surface area (Å²) in [7, 11) is 0. The minimum Gasteiger partial charge on any atom is -0.135 e. The SMILES string of the molecule is c1ccc(-c2cc3ccccc3cc2-c2ccc3c(c2)c(-c2ccccc2)c(-c2ccccc2)c2cc(-c4cccc5sc6ccccc6c45)ccc23)cc1. The first kappa shape index (κ1) is 31.7. The number of hydrogen-bond acceptors (Lipinski definition) is 1. The molecule has 1 heterocycles. The Hall–Kier alpha value is -6.80. The lowest BCUT2D eigenvalue weighted by Crippen LogP contribution is -1.94. The molecule has 0 bridgehead atoms. The van der Waals surface area contributed by atoms with Crippen LogP contribution in [0, 0.1) is 0 Å². The zero-order valence-corrected chi connectivity index (χ0v) is 30.9. The largest absolute Gasteiger partial charge is 0.135 e. The van der Waals surface area contributed by atoms with Crippen LogP contribution in [0.3, 0.4) is 0 Å². The molecule has 55 heavy (non-hydrogen) atoms. The van der Waals surface area contributed by atoms with Crippen molar-refractivity contribution in [3.8, 4) is 55.6 Å². The van der Waals surface area contributed by atoms with Gasteiger partial charge in [-0.05, 0) is 124 Å². The Kier molecular flexibility index (Phi) is 7.46. The molecule has 0 nitrogen and oxygen atoms in total. The van der Waals surface area contributed by atoms with Crippen molar-refractivity contribution < 1.29 is 0 Å². The van der Waals surface area contributed by atoms with Gasteiger partial charge in [0.15, 0.2) is 0 Å². The molecule has 1 heteroatoms. The molecule has 1 aromatic heterocycles. The third-order valence-corrected chi connectivity index (χ3v) is 12.4. The molecule has 0 aliphatic carbocycles. The monoisotopic (exact) mass is 714 g/mol. The first-order valence-corrected chi connectivity index (χ1v) is 19.7. The fraction of sp³-hybridized carbons (Fsp3) is 0. The quantitative estimate of drug-likeness (QED) is 0.156. The second-order valence-electron chi connectivity index (χ2n) is 14.4. The normalized spacial score (nSPS) is 11.6. The molecule has 0 aliphatic heterocycles. The van der Waals surface area contributed by atoms with Gasteiger partial charge < -0.3 is 0 Å². The summed E-state index contributed by atoms with van der Waals surface area (Å²) in [5, 5.41) is 10.2. The van der Waals surface area contributed by atoms with Crippen LogP contribution >= 0.6 is 11.3 Å². The summed E-state index contributed by atoms with van der Waals surface area (Å²) in [6.45, 7) is 0. The van der Waals surface area contributed by atoms with Gasteiger partial charge in [0.1, 0.15) is 0 Å². The van der Waals surface area contributed by atoms with E-state index in [2.05, 4.69) is 206 Å². The van der Waals surface area contributed by atoms with Crippen LogP contribution in [0.2, 0.25) is 0 Å². The average Bonchev–Trinajstić information content (AvgIpc) is 3.65. The average molecular weight is 715 g/mol. The molecule has 0 fully saturated rings. The van der Waals surface area contributed by atoms with Gasteiger partial charge in [0, 0.05) is 20.2 Å². The van der Waals surface area contributed by atoms with E-state index in [0.717, 1.165) is 0 Å². The van der Waals surface area contributed by atoms with Crippen molar-refractivity contribution in [2.45, 2.75) is 0 Å². The molecule has 10 aromatic carbocycles. The molecule has 0 spiro atoms. The van der Waals surface area contributed by atoms with Gasteiger partial charge in [-0.1, -0.05) is 170 Å². The Morgan fingerprint density at radius 1 is 0.255 bits per heavy atom. The van der Waals surface area contributed by atoms with Gasteiger partial charge in [-0.2, -0.15) is 0 Å². The molecule has 0 aliphatic rings. The number of thiophene rings is 1. The van der Waals surface area contributed by atoms with E-state index in [4.69, 9.17) is 0 Å². The molecular formula is C54H34S. The highest BCUT2D eigenvalue weighted by Gasteiger charge is 2.21. The van der Waals surface area contributed by atoms with Crippen molar-refractivity contribution >= 4 is 63.8 Å². The van der Waals surface area contributed by atoms with Gasteiger partial charge >= 0.3 is 0 Å². The summed E-state index contributed by atoms with van der Waals surface area (Å²) in [6.07, 6.45) is 0. The zero-order valence-electron chi connectivity index (χ0n) is 30.0. The van der Waals surface area contributed by atoms with Crippen LogP contribution < -0.4 is 0 Å². The van der Waals surface area contributed by atoms with Gasteiger partial charge in [-0.25, -0.2) is 0 Å². The van der Waals surface area contributed by atoms with E-state index in [9.17, 15) is 0 Å². The Morgan fingerprint density at radius 3 is 1.33 bits per heavy atom. The van der Waals surface area contributed by atoms with Crippen LogP contribution in [0.15, 0.2) is 206 Å². The Labute approximate surface area is 324 Å². The summed E-state index contributed by atoms with van der Waals surface area (Å²) in [6, 6.07) is 76.1. The van der Waals surface area contributed by atoms with Crippen molar-refractivity contribution in [3.05, 3.63) is 206 Å². The van der Waals surface area contributed by atoms with E-state index in [1.165, 1.54) is 108 Å². The fourth-order valence-electron chi connectivity index (χ4n) is 8.74. The molecule has 11 rings (SSSR count). The second-order valence-corrected chi connectivity index (χ2v) is 15.5. The standard InChI is InChI=1S/C54H34S/c1-4-15-35(16-5-1)46-31-38-21-10-11-22-39(38)32-47(46)41-28-30-44-43-29-27-40(42-24-14-26-51-54(42)45-23-12-13-25-50(45)55-51)33-48(43)52(36-17-6-2-7-18-36)53(49(44)34-41)37-19-8-3-9-20-37/h1-34H. The van der Waals surface area contributed by atoms with Gasteiger partial charge in [-0.3, -0.25) is 0 Å². The van der Waals surface area contributed by atoms with E-state index in [1.54, 1.807) is 0 Å². The first-order chi connectivity index (χ1) is 27.3. The molecule has 0 atom stereocenters. The van der Waals surface area contributed by atoms with Gasteiger partial charge in [0.25, 0.3) is 0 Å². The smallest absolute Gasteiger partial charge is 0.0361 e. The van der Waals surface area contributed by atoms with Crippen LogP contribution in [-0.4, -0.2) is 0 Å². The van der Waals surface area contributed by atoms with Crippen LogP contribution in [0.4, 0.5) is 0 Å². The first-order valence-electron chi connectivity index (χ1n) is 18.9. The lowest BCUT2D eigenvalue weighted by Gasteiger charge is -2.21. The highest BCUT2D eigenvalue weighted by molar-refractivity contribution is 7.25. The predicted molar refractivity (Wildman–Crippen MR) is 239 cm³/mol. The van der Waals surface area contributed by atoms with Crippen LogP contribution in [-0.2, 0) is 0 Å². The minimum atomic E-state index is 1.21. The summed E-state index contributed by atoms with van der Waals surface area (Å²) in [5.74, 6) is 0. The molecular weight excluding hydrogens is 681 g/mol. The van der Waals surface area contributed by atoms with Crippen LogP contribution in [0.5, 0.6) is 0 Å². The Bertz CT molecular complexity index is 3230. The third-order valence-electron chi connectivity index (χ3n) is 11.2. The molecule has 0 saturated carbocycles. The lowest BCUT2D eigenvalue weighted by molar-refractivity contribution is 1.61. The maximum atomic E-state index is 2.45. The van der Waals surface area contributed by atoms with Crippen molar-refractivity contribution in [2.75, 3.05) is 0 Å². The van der Waals surface area contributed by atoms with Gasteiger partial charge in [-0.15, -0.1) is 11.3 Å². The highest BCUT2D eigenvalue weighted by Crippen LogP contribution is 2.48. The van der Waals surface area contributed by atoms with Gasteiger partial charge in [0.05, 0.1) is 0 Å². The molecule has 11 aromatic rings. The lowest BCUT2D eigenvalue weighted by atomic mass is 9.82. The molecule has 256 valence electrons. The fourth-order valence-corrected chi connectivity index (χ4v) is 9.87. The van der Waals surface area contributed by atoms with Crippen molar-refractivity contribution in [1.82, 2.24) is 0 Å². The molecule has 0 saturated heterocycles. The number of hydrogen-bond donors (Lipinski definition) is 0. The topological polar surface area (TPSA) is 0 Å². The van der Waals surface area contributed by atoms with Crippen molar-refractivity contribution in [1.29, 1.82) is 0 Å². The summed E-state index contributed by atoms with van der Waals surface area (Å²) >= 11 is 1.88. The third kappa shape index (κ3) is 5.28. The Morgan fingerprint density at radius 2 is 0.727 bits per heavy atom. The van der Waals surface area contributed by atoms with E-state index < -0.39 is 0 Å². The molecule has 0 radical (unpaired) electrons. The Balaban J connectivity index is 1.24. The molecule has 0 unspecified atom stereocenters. The molecule has 0 amide bonds. The van der Waals surface area contributed by atoms with Crippen LogP contribution in [0.25, 0.3) is 108 Å². The van der Waals surface area contributed by atoms with Crippen LogP contribution in [0.1, 0.15) is 0 Å². The number of rotatable bonds is 5. The number of fused-ring (bicyclic) bond motifs is 7. The van der Waals surface area contributed by atoms with E-state index in [-0.39, 0.29) is 0 Å². The van der Waals surface area contributed by atoms with Crippen molar-refractivity contribution in [2.24, 2.45) is 0 Å². The van der Waals surface area contributed by atoms with E-state index in [0.29, 0.717) is 0 Å². The maximum Gasteiger partial charge on any atom is 0.0361 e. The summed E-state index contributed by atoms with van der Waals surface area (Å²) in [4.78, 5) is 0. The second kappa shape index (κ2) is 13.0. The van der Waals surface area contributed by atoms with E-state index >= 15 is 0 Å². The maximum absolute atomic E-state index is 2.45.